The van der Waals surface area contributed by atoms with Crippen LogP contribution in [0.3, 0.4) is 0 Å². The third kappa shape index (κ3) is 5.32. The van der Waals surface area contributed by atoms with Crippen LogP contribution in [0.1, 0.15) is 49.7 Å². The quantitative estimate of drug-likeness (QED) is 0.478. The predicted molar refractivity (Wildman–Crippen MR) is 130 cm³/mol. The van der Waals surface area contributed by atoms with Gasteiger partial charge in [0.05, 0.1) is 13.0 Å². The molecule has 2 atom stereocenters. The first kappa shape index (κ1) is 24.7. The van der Waals surface area contributed by atoms with E-state index in [4.69, 9.17) is 9.47 Å². The molecule has 0 saturated heterocycles. The first-order chi connectivity index (χ1) is 16.8. The van der Waals surface area contributed by atoms with E-state index in [1.807, 2.05) is 36.4 Å². The third-order valence-electron chi connectivity index (χ3n) is 7.09. The van der Waals surface area contributed by atoms with Gasteiger partial charge in [-0.25, -0.2) is 4.79 Å². The number of ether oxygens (including phenoxy) is 2. The van der Waals surface area contributed by atoms with Crippen LogP contribution in [-0.4, -0.2) is 55.0 Å². The lowest BCUT2D eigenvalue weighted by atomic mass is 9.78. The van der Waals surface area contributed by atoms with Gasteiger partial charge >= 0.3 is 12.1 Å². The van der Waals surface area contributed by atoms with E-state index in [1.54, 1.807) is 6.92 Å². The van der Waals surface area contributed by atoms with Gasteiger partial charge in [-0.15, -0.1) is 0 Å². The Bertz CT molecular complexity index is 1050. The van der Waals surface area contributed by atoms with E-state index in [9.17, 15) is 19.5 Å². The maximum absolute atomic E-state index is 13.2. The van der Waals surface area contributed by atoms with E-state index in [0.29, 0.717) is 0 Å². The van der Waals surface area contributed by atoms with E-state index >= 15 is 0 Å². The number of alkyl carbamates (subject to hydrolysis) is 1. The number of hydrogen-bond donors (Lipinski definition) is 3. The molecule has 0 bridgehead atoms. The summed E-state index contributed by atoms with van der Waals surface area (Å²) in [6, 6.07) is 15.6. The van der Waals surface area contributed by atoms with Crippen LogP contribution < -0.4 is 10.6 Å². The zero-order chi connectivity index (χ0) is 25.0. The van der Waals surface area contributed by atoms with Crippen LogP contribution in [0.5, 0.6) is 0 Å². The molecule has 2 unspecified atom stereocenters. The molecule has 1 saturated carbocycles. The van der Waals surface area contributed by atoms with Crippen molar-refractivity contribution < 1.29 is 29.0 Å². The first-order valence-electron chi connectivity index (χ1n) is 12.0. The Morgan fingerprint density at radius 2 is 1.66 bits per heavy atom. The van der Waals surface area contributed by atoms with Crippen LogP contribution >= 0.6 is 0 Å². The molecule has 2 aliphatic carbocycles. The molecule has 2 amide bonds. The van der Waals surface area contributed by atoms with E-state index < -0.39 is 29.6 Å². The summed E-state index contributed by atoms with van der Waals surface area (Å²) >= 11 is 0. The largest absolute Gasteiger partial charge is 0.481 e. The van der Waals surface area contributed by atoms with Crippen molar-refractivity contribution in [3.63, 3.8) is 0 Å². The van der Waals surface area contributed by atoms with Crippen molar-refractivity contribution in [2.75, 3.05) is 20.3 Å². The van der Waals surface area contributed by atoms with E-state index in [2.05, 4.69) is 22.8 Å². The Morgan fingerprint density at radius 3 is 2.17 bits per heavy atom. The fourth-order valence-corrected chi connectivity index (χ4v) is 5.00. The molecule has 0 aliphatic heterocycles. The maximum Gasteiger partial charge on any atom is 0.408 e. The second kappa shape index (κ2) is 10.5. The topological polar surface area (TPSA) is 114 Å². The molecule has 8 heteroatoms. The lowest BCUT2D eigenvalue weighted by molar-refractivity contribution is -0.139. The van der Waals surface area contributed by atoms with Crippen molar-refractivity contribution in [3.8, 4) is 11.1 Å². The molecule has 8 nitrogen and oxygen atoms in total. The van der Waals surface area contributed by atoms with Crippen molar-refractivity contribution in [3.05, 3.63) is 59.7 Å². The molecule has 0 heterocycles. The van der Waals surface area contributed by atoms with E-state index in [1.165, 1.54) is 7.11 Å². The number of methoxy groups -OCH3 is 1. The number of carbonyl (C=O) groups is 3. The van der Waals surface area contributed by atoms with Gasteiger partial charge in [-0.3, -0.25) is 9.59 Å². The molecular weight excluding hydrogens is 448 g/mol. The second-order valence-corrected chi connectivity index (χ2v) is 9.58. The van der Waals surface area contributed by atoms with Crippen LogP contribution in [-0.2, 0) is 19.1 Å². The van der Waals surface area contributed by atoms with E-state index in [0.717, 1.165) is 41.5 Å². The molecule has 4 rings (SSSR count). The number of benzene rings is 2. The molecule has 0 aromatic heterocycles. The lowest BCUT2D eigenvalue weighted by Crippen LogP contribution is -2.62. The fraction of sp³-hybridized carbons (Fsp3) is 0.444. The smallest absolute Gasteiger partial charge is 0.408 e. The van der Waals surface area contributed by atoms with Gasteiger partial charge in [0.25, 0.3) is 0 Å². The molecule has 35 heavy (non-hydrogen) atoms. The van der Waals surface area contributed by atoms with Crippen molar-refractivity contribution in [1.29, 1.82) is 0 Å². The number of carboxylic acids is 1. The third-order valence-corrected chi connectivity index (χ3v) is 7.09. The zero-order valence-corrected chi connectivity index (χ0v) is 20.1. The molecular formula is C27H32N2O6. The van der Waals surface area contributed by atoms with Gasteiger partial charge in [0.2, 0.25) is 5.91 Å². The number of carboxylic acid groups (broad SMARTS) is 1. The summed E-state index contributed by atoms with van der Waals surface area (Å²) < 4.78 is 10.8. The maximum atomic E-state index is 13.2. The van der Waals surface area contributed by atoms with Gasteiger partial charge in [-0.2, -0.15) is 0 Å². The van der Waals surface area contributed by atoms with Crippen LogP contribution in [0, 0.1) is 5.92 Å². The standard InChI is InChI=1S/C27H32N2O6/c1-27(16-34-2,25(32)28-23(14-24(30)31)17-8-7-9-17)29-26(33)35-15-22-20-12-5-3-10-18(20)19-11-4-6-13-21(19)22/h3-6,10-13,17,22-23H,7-9,14-16H2,1-2H3,(H,28,32)(H,29,33)(H,30,31). The fourth-order valence-electron chi connectivity index (χ4n) is 5.00. The van der Waals surface area contributed by atoms with Gasteiger partial charge in [0, 0.05) is 19.1 Å². The highest BCUT2D eigenvalue weighted by Gasteiger charge is 2.40. The van der Waals surface area contributed by atoms with E-state index in [-0.39, 0.29) is 31.5 Å². The Morgan fingerprint density at radius 1 is 1.06 bits per heavy atom. The number of fused-ring (bicyclic) bond motifs is 3. The summed E-state index contributed by atoms with van der Waals surface area (Å²) in [7, 11) is 1.44. The van der Waals surface area contributed by atoms with Gasteiger partial charge in [-0.1, -0.05) is 55.0 Å². The molecule has 3 N–H and O–H groups in total. The van der Waals surface area contributed by atoms with Gasteiger partial charge < -0.3 is 25.2 Å². The number of amides is 2. The van der Waals surface area contributed by atoms with Crippen molar-refractivity contribution in [2.24, 2.45) is 5.92 Å². The minimum atomic E-state index is -1.42. The lowest BCUT2D eigenvalue weighted by Gasteiger charge is -2.36. The molecule has 2 aliphatic rings. The Balaban J connectivity index is 1.42. The van der Waals surface area contributed by atoms with Crippen LogP contribution in [0.15, 0.2) is 48.5 Å². The van der Waals surface area contributed by atoms with Crippen molar-refractivity contribution >= 4 is 18.0 Å². The predicted octanol–water partition coefficient (Wildman–Crippen LogP) is 3.69. The zero-order valence-electron chi connectivity index (χ0n) is 20.1. The Labute approximate surface area is 205 Å². The van der Waals surface area contributed by atoms with Crippen LogP contribution in [0.25, 0.3) is 11.1 Å². The summed E-state index contributed by atoms with van der Waals surface area (Å²) in [4.78, 5) is 37.3. The number of carbonyl (C=O) groups excluding carboxylic acids is 2. The van der Waals surface area contributed by atoms with Crippen molar-refractivity contribution in [1.82, 2.24) is 10.6 Å². The first-order valence-corrected chi connectivity index (χ1v) is 12.0. The average Bonchev–Trinajstić information content (AvgIpc) is 3.10. The number of hydrogen-bond acceptors (Lipinski definition) is 5. The van der Waals surface area contributed by atoms with Crippen LogP contribution in [0.4, 0.5) is 4.79 Å². The molecule has 0 radical (unpaired) electrons. The second-order valence-electron chi connectivity index (χ2n) is 9.58. The van der Waals surface area contributed by atoms with Gasteiger partial charge in [0.1, 0.15) is 12.1 Å². The summed E-state index contributed by atoms with van der Waals surface area (Å²) in [5, 5.41) is 14.8. The summed E-state index contributed by atoms with van der Waals surface area (Å²) in [5.74, 6) is -1.45. The van der Waals surface area contributed by atoms with Gasteiger partial charge in [0.15, 0.2) is 0 Å². The number of aliphatic carboxylic acids is 1. The minimum absolute atomic E-state index is 0.0898. The number of nitrogens with one attached hydrogen (secondary N) is 2. The highest BCUT2D eigenvalue weighted by molar-refractivity contribution is 5.90. The van der Waals surface area contributed by atoms with Gasteiger partial charge in [-0.05, 0) is 47.9 Å². The highest BCUT2D eigenvalue weighted by atomic mass is 16.5. The minimum Gasteiger partial charge on any atom is -0.481 e. The monoisotopic (exact) mass is 480 g/mol. The van der Waals surface area contributed by atoms with Crippen molar-refractivity contribution in [2.45, 2.75) is 50.1 Å². The molecule has 0 spiro atoms. The highest BCUT2D eigenvalue weighted by Crippen LogP contribution is 2.44. The Kier molecular flexibility index (Phi) is 7.40. The average molecular weight is 481 g/mol. The normalized spacial score (nSPS) is 17.3. The SMILES string of the molecule is COCC(C)(NC(=O)OCC1c2ccccc2-c2ccccc21)C(=O)NC(CC(=O)O)C1CCC1. The molecule has 2 aromatic carbocycles. The summed E-state index contributed by atoms with van der Waals surface area (Å²) in [5.41, 5.74) is 3.02. The molecule has 2 aromatic rings. The summed E-state index contributed by atoms with van der Waals surface area (Å²) in [6.45, 7) is 1.58. The molecule has 1 fully saturated rings. The summed E-state index contributed by atoms with van der Waals surface area (Å²) in [6.07, 6.45) is 1.87. The molecule has 186 valence electrons. The number of rotatable bonds is 10. The Hall–Kier alpha value is -3.39. The van der Waals surface area contributed by atoms with Crippen LogP contribution in [0.2, 0.25) is 0 Å².